The summed E-state index contributed by atoms with van der Waals surface area (Å²) in [4.78, 5) is 24.9. The Labute approximate surface area is 191 Å². The first kappa shape index (κ1) is 24.5. The number of phenolic OH excluding ortho intramolecular Hbond substituents is 1. The van der Waals surface area contributed by atoms with E-state index in [0.29, 0.717) is 19.3 Å². The summed E-state index contributed by atoms with van der Waals surface area (Å²) >= 11 is 0. The number of amides is 2. The maximum absolute atomic E-state index is 13.1. The molecule has 3 rings (SSSR count). The topological polar surface area (TPSA) is 102 Å². The number of aromatic hydroxyl groups is 1. The summed E-state index contributed by atoms with van der Waals surface area (Å²) in [7, 11) is 0. The van der Waals surface area contributed by atoms with Gasteiger partial charge in [0.05, 0.1) is 0 Å². The van der Waals surface area contributed by atoms with Gasteiger partial charge < -0.3 is 20.9 Å². The molecule has 7 nitrogen and oxygen atoms in total. The first-order valence-electron chi connectivity index (χ1n) is 11.6. The molecule has 7 heteroatoms. The second kappa shape index (κ2) is 9.02. The number of piperidine rings is 1. The van der Waals surface area contributed by atoms with Crippen LogP contribution in [0.1, 0.15) is 66.4 Å². The Balaban J connectivity index is 1.61. The standard InChI is InChI=1S/C25H39N3O4/c1-15(23(31)27-18-13-24(3,4)28(32)25(5,6)14-18)20-12-21(20)22(26-16(2)29)11-17-7-9-19(30)10-8-17/h7-10,15,18,20-22,30,32H,11-14H2,1-6H3,(H,26,29)(H,27,31)/t15-,20-,21+,22+/m0/s1. The SMILES string of the molecule is CC(=O)N[C@H](Cc1ccc(O)cc1)[C@@H]1C[C@H]1[C@H](C)C(=O)NC1CC(C)(C)N(O)C(C)(C)C1. The number of carbonyl (C=O) groups excluding carboxylic acids is 2. The van der Waals surface area contributed by atoms with Crippen molar-refractivity contribution in [3.05, 3.63) is 29.8 Å². The Morgan fingerprint density at radius 1 is 1.09 bits per heavy atom. The smallest absolute Gasteiger partial charge is 0.223 e. The summed E-state index contributed by atoms with van der Waals surface area (Å²) in [5.74, 6) is 0.527. The number of hydroxylamine groups is 2. The van der Waals surface area contributed by atoms with Crippen LogP contribution in [0.2, 0.25) is 0 Å². The summed E-state index contributed by atoms with van der Waals surface area (Å²) in [6, 6.07) is 7.03. The van der Waals surface area contributed by atoms with Gasteiger partial charge in [-0.05, 0) is 82.9 Å². The molecule has 0 bridgehead atoms. The fourth-order valence-electron chi connectivity index (χ4n) is 5.63. The molecule has 1 aliphatic carbocycles. The van der Waals surface area contributed by atoms with Gasteiger partial charge >= 0.3 is 0 Å². The Morgan fingerprint density at radius 3 is 2.19 bits per heavy atom. The van der Waals surface area contributed by atoms with Crippen molar-refractivity contribution in [1.82, 2.24) is 15.7 Å². The van der Waals surface area contributed by atoms with E-state index in [2.05, 4.69) is 10.6 Å². The molecule has 1 aromatic carbocycles. The summed E-state index contributed by atoms with van der Waals surface area (Å²) in [5, 5.41) is 27.7. The summed E-state index contributed by atoms with van der Waals surface area (Å²) in [6.45, 7) is 11.5. The van der Waals surface area contributed by atoms with Crippen molar-refractivity contribution in [2.45, 2.75) is 90.4 Å². The number of hydrogen-bond acceptors (Lipinski definition) is 5. The number of nitrogens with one attached hydrogen (secondary N) is 2. The third-order valence-corrected chi connectivity index (χ3v) is 7.23. The van der Waals surface area contributed by atoms with Gasteiger partial charge in [0.25, 0.3) is 0 Å². The molecule has 1 aromatic rings. The molecule has 1 saturated heterocycles. The molecule has 1 heterocycles. The molecule has 2 amide bonds. The fourth-order valence-corrected chi connectivity index (χ4v) is 5.63. The molecule has 0 unspecified atom stereocenters. The van der Waals surface area contributed by atoms with Gasteiger partial charge in [-0.15, -0.1) is 0 Å². The molecular formula is C25H39N3O4. The fraction of sp³-hybridized carbons (Fsp3) is 0.680. The van der Waals surface area contributed by atoms with Gasteiger partial charge in [0.15, 0.2) is 0 Å². The average molecular weight is 446 g/mol. The van der Waals surface area contributed by atoms with Gasteiger partial charge in [-0.2, -0.15) is 5.06 Å². The lowest BCUT2D eigenvalue weighted by Crippen LogP contribution is -2.63. The van der Waals surface area contributed by atoms with Crippen LogP contribution in [-0.2, 0) is 16.0 Å². The number of carbonyl (C=O) groups is 2. The van der Waals surface area contributed by atoms with Gasteiger partial charge in [-0.3, -0.25) is 9.59 Å². The van der Waals surface area contributed by atoms with Gasteiger partial charge in [-0.25, -0.2) is 0 Å². The monoisotopic (exact) mass is 445 g/mol. The second-order valence-electron chi connectivity index (χ2n) is 11.1. The summed E-state index contributed by atoms with van der Waals surface area (Å²) in [5.41, 5.74) is 0.224. The van der Waals surface area contributed by atoms with Crippen LogP contribution < -0.4 is 10.6 Å². The lowest BCUT2D eigenvalue weighted by atomic mass is 9.78. The second-order valence-corrected chi connectivity index (χ2v) is 11.1. The number of phenols is 1. The Morgan fingerprint density at radius 2 is 1.66 bits per heavy atom. The van der Waals surface area contributed by atoms with E-state index in [1.54, 1.807) is 12.1 Å². The molecule has 0 spiro atoms. The van der Waals surface area contributed by atoms with Gasteiger partial charge in [0, 0.05) is 36.0 Å². The number of benzene rings is 1. The van der Waals surface area contributed by atoms with E-state index in [9.17, 15) is 19.9 Å². The largest absolute Gasteiger partial charge is 0.508 e. The predicted molar refractivity (Wildman–Crippen MR) is 123 cm³/mol. The van der Waals surface area contributed by atoms with Crippen molar-refractivity contribution in [1.29, 1.82) is 0 Å². The van der Waals surface area contributed by atoms with E-state index in [1.807, 2.05) is 46.8 Å². The molecule has 1 saturated carbocycles. The highest BCUT2D eigenvalue weighted by Crippen LogP contribution is 2.47. The highest BCUT2D eigenvalue weighted by Gasteiger charge is 2.50. The zero-order valence-corrected chi connectivity index (χ0v) is 20.2. The zero-order valence-electron chi connectivity index (χ0n) is 20.2. The molecule has 0 radical (unpaired) electrons. The minimum absolute atomic E-state index is 0.0127. The van der Waals surface area contributed by atoms with Crippen molar-refractivity contribution < 1.29 is 19.9 Å². The van der Waals surface area contributed by atoms with Crippen molar-refractivity contribution in [2.75, 3.05) is 0 Å². The minimum Gasteiger partial charge on any atom is -0.508 e. The van der Waals surface area contributed by atoms with Gasteiger partial charge in [0.1, 0.15) is 5.75 Å². The van der Waals surface area contributed by atoms with Crippen LogP contribution in [-0.4, -0.2) is 50.4 Å². The number of rotatable bonds is 7. The van der Waals surface area contributed by atoms with Crippen LogP contribution in [0.25, 0.3) is 0 Å². The third-order valence-electron chi connectivity index (χ3n) is 7.23. The molecule has 2 fully saturated rings. The molecule has 4 N–H and O–H groups in total. The quantitative estimate of drug-likeness (QED) is 0.516. The Kier molecular flexibility index (Phi) is 6.91. The Hall–Kier alpha value is -2.12. The maximum Gasteiger partial charge on any atom is 0.223 e. The van der Waals surface area contributed by atoms with E-state index >= 15 is 0 Å². The lowest BCUT2D eigenvalue weighted by Gasteiger charge is -2.51. The van der Waals surface area contributed by atoms with Gasteiger partial charge in [-0.1, -0.05) is 19.1 Å². The highest BCUT2D eigenvalue weighted by molar-refractivity contribution is 5.79. The number of hydrogen-bond donors (Lipinski definition) is 4. The van der Waals surface area contributed by atoms with E-state index in [1.165, 1.54) is 12.0 Å². The molecule has 2 aliphatic rings. The minimum atomic E-state index is -0.411. The van der Waals surface area contributed by atoms with Crippen molar-refractivity contribution in [3.63, 3.8) is 0 Å². The van der Waals surface area contributed by atoms with Crippen LogP contribution in [0.3, 0.4) is 0 Å². The Bertz CT molecular complexity index is 818. The van der Waals surface area contributed by atoms with Crippen molar-refractivity contribution >= 4 is 11.8 Å². The molecule has 32 heavy (non-hydrogen) atoms. The average Bonchev–Trinajstić information content (AvgIpc) is 3.46. The van der Waals surface area contributed by atoms with Crippen LogP contribution in [0.4, 0.5) is 0 Å². The van der Waals surface area contributed by atoms with E-state index in [0.717, 1.165) is 12.0 Å². The van der Waals surface area contributed by atoms with Crippen LogP contribution >= 0.6 is 0 Å². The molecule has 4 atom stereocenters. The van der Waals surface area contributed by atoms with E-state index < -0.39 is 11.1 Å². The molecule has 178 valence electrons. The number of nitrogens with zero attached hydrogens (tertiary/aromatic N) is 1. The third kappa shape index (κ3) is 5.62. The molecule has 0 aromatic heterocycles. The zero-order chi connectivity index (χ0) is 23.8. The normalized spacial score (nSPS) is 26.7. The van der Waals surface area contributed by atoms with Gasteiger partial charge in [0.2, 0.25) is 11.8 Å². The maximum atomic E-state index is 13.1. The highest BCUT2D eigenvalue weighted by atomic mass is 16.5. The summed E-state index contributed by atoms with van der Waals surface area (Å²) < 4.78 is 0. The predicted octanol–water partition coefficient (Wildman–Crippen LogP) is 3.24. The molecule has 1 aliphatic heterocycles. The van der Waals surface area contributed by atoms with Crippen molar-refractivity contribution in [3.8, 4) is 5.75 Å². The van der Waals surface area contributed by atoms with Crippen LogP contribution in [0, 0.1) is 17.8 Å². The van der Waals surface area contributed by atoms with E-state index in [-0.39, 0.29) is 47.4 Å². The lowest BCUT2D eigenvalue weighted by molar-refractivity contribution is -0.246. The van der Waals surface area contributed by atoms with Crippen LogP contribution in [0.5, 0.6) is 5.75 Å². The first-order valence-corrected chi connectivity index (χ1v) is 11.6. The van der Waals surface area contributed by atoms with E-state index in [4.69, 9.17) is 0 Å². The van der Waals surface area contributed by atoms with Crippen molar-refractivity contribution in [2.24, 2.45) is 17.8 Å². The molecular weight excluding hydrogens is 406 g/mol. The first-order chi connectivity index (χ1) is 14.8. The summed E-state index contributed by atoms with van der Waals surface area (Å²) in [6.07, 6.45) is 2.96. The van der Waals surface area contributed by atoms with Crippen LogP contribution in [0.15, 0.2) is 24.3 Å².